The topological polar surface area (TPSA) is 34.0 Å². The molecule has 0 bridgehead atoms. The molecule has 0 unspecified atom stereocenters. The Hall–Kier alpha value is -1.39. The van der Waals surface area contributed by atoms with Crippen molar-refractivity contribution in [2.75, 3.05) is 7.05 Å². The van der Waals surface area contributed by atoms with Crippen LogP contribution in [-0.4, -0.2) is 11.6 Å². The zero-order chi connectivity index (χ0) is 13.1. The maximum absolute atomic E-state index is 11.8. The highest BCUT2D eigenvalue weighted by molar-refractivity contribution is 9.10. The van der Waals surface area contributed by atoms with E-state index >= 15 is 0 Å². The monoisotopic (exact) mass is 306 g/mol. The average molecular weight is 307 g/mol. The third kappa shape index (κ3) is 2.71. The molecule has 2 aromatic rings. The van der Waals surface area contributed by atoms with Gasteiger partial charge >= 0.3 is 0 Å². The highest BCUT2D eigenvalue weighted by Crippen LogP contribution is 2.15. The first-order chi connectivity index (χ1) is 8.61. The van der Waals surface area contributed by atoms with E-state index in [4.69, 9.17) is 0 Å². The number of aromatic nitrogens is 1. The van der Waals surface area contributed by atoms with Crippen molar-refractivity contribution in [1.29, 1.82) is 0 Å². The van der Waals surface area contributed by atoms with Crippen molar-refractivity contribution in [2.24, 2.45) is 0 Å². The quantitative estimate of drug-likeness (QED) is 0.946. The Balaban J connectivity index is 2.53. The summed E-state index contributed by atoms with van der Waals surface area (Å²) in [6, 6.07) is 9.69. The second kappa shape index (κ2) is 5.50. The van der Waals surface area contributed by atoms with E-state index in [0.29, 0.717) is 6.54 Å². The van der Waals surface area contributed by atoms with Crippen LogP contribution in [0.25, 0.3) is 5.69 Å². The molecule has 94 valence electrons. The van der Waals surface area contributed by atoms with Crippen LogP contribution < -0.4 is 10.7 Å². The van der Waals surface area contributed by atoms with Crippen LogP contribution in [0.5, 0.6) is 0 Å². The molecule has 3 nitrogen and oxygen atoms in total. The van der Waals surface area contributed by atoms with Crippen LogP contribution in [0.1, 0.15) is 11.3 Å². The predicted octanol–water partition coefficient (Wildman–Crippen LogP) is 2.63. The zero-order valence-corrected chi connectivity index (χ0v) is 12.0. The molecule has 0 spiro atoms. The van der Waals surface area contributed by atoms with Gasteiger partial charge in [-0.05, 0) is 38.2 Å². The summed E-state index contributed by atoms with van der Waals surface area (Å²) in [6.07, 6.45) is 1.90. The van der Waals surface area contributed by atoms with E-state index in [1.54, 1.807) is 6.07 Å². The van der Waals surface area contributed by atoms with Crippen molar-refractivity contribution in [1.82, 2.24) is 9.88 Å². The number of hydrogen-bond donors (Lipinski definition) is 1. The molecule has 0 saturated heterocycles. The minimum atomic E-state index is 0.0789. The van der Waals surface area contributed by atoms with Crippen molar-refractivity contribution < 1.29 is 0 Å². The molecule has 0 aliphatic carbocycles. The summed E-state index contributed by atoms with van der Waals surface area (Å²) in [6.45, 7) is 2.52. The minimum absolute atomic E-state index is 0.0789. The fraction of sp³-hybridized carbons (Fsp3) is 0.214. The largest absolute Gasteiger partial charge is 0.321 e. The maximum Gasteiger partial charge on any atom is 0.186 e. The summed E-state index contributed by atoms with van der Waals surface area (Å²) < 4.78 is 3.07. The molecule has 2 rings (SSSR count). The van der Waals surface area contributed by atoms with Gasteiger partial charge in [0.2, 0.25) is 0 Å². The second-order valence-electron chi connectivity index (χ2n) is 4.18. The number of rotatable bonds is 3. The number of pyridine rings is 1. The first-order valence-electron chi connectivity index (χ1n) is 5.74. The van der Waals surface area contributed by atoms with Gasteiger partial charge in [-0.25, -0.2) is 0 Å². The maximum atomic E-state index is 11.8. The van der Waals surface area contributed by atoms with Crippen LogP contribution in [0.4, 0.5) is 0 Å². The summed E-state index contributed by atoms with van der Waals surface area (Å²) in [7, 11) is 1.84. The first-order valence-corrected chi connectivity index (χ1v) is 6.54. The molecule has 0 saturated carbocycles. The highest BCUT2D eigenvalue weighted by atomic mass is 79.9. The summed E-state index contributed by atoms with van der Waals surface area (Å²) in [5.74, 6) is 0. The minimum Gasteiger partial charge on any atom is -0.321 e. The smallest absolute Gasteiger partial charge is 0.186 e. The Labute approximate surface area is 115 Å². The van der Waals surface area contributed by atoms with Crippen molar-refractivity contribution in [3.05, 3.63) is 62.5 Å². The Morgan fingerprint density at radius 2 is 1.94 bits per heavy atom. The standard InChI is InChI=1S/C14H15BrN2O/c1-10-7-14(18)11(8-16-2)9-17(10)13-5-3-12(15)4-6-13/h3-7,9,16H,8H2,1-2H3. The van der Waals surface area contributed by atoms with Crippen molar-refractivity contribution in [3.63, 3.8) is 0 Å². The van der Waals surface area contributed by atoms with Crippen LogP contribution >= 0.6 is 15.9 Å². The molecule has 1 aromatic carbocycles. The van der Waals surface area contributed by atoms with Crippen LogP contribution in [0.2, 0.25) is 0 Å². The molecule has 0 amide bonds. The molecule has 0 aliphatic heterocycles. The van der Waals surface area contributed by atoms with E-state index in [1.807, 2.05) is 49.0 Å². The molecule has 0 aliphatic rings. The molecular weight excluding hydrogens is 292 g/mol. The van der Waals surface area contributed by atoms with Gasteiger partial charge < -0.3 is 9.88 Å². The van der Waals surface area contributed by atoms with Crippen molar-refractivity contribution in [3.8, 4) is 5.69 Å². The van der Waals surface area contributed by atoms with Crippen molar-refractivity contribution in [2.45, 2.75) is 13.5 Å². The van der Waals surface area contributed by atoms with Gasteiger partial charge in [0, 0.05) is 40.2 Å². The lowest BCUT2D eigenvalue weighted by Crippen LogP contribution is -2.19. The lowest BCUT2D eigenvalue weighted by Gasteiger charge is -2.12. The van der Waals surface area contributed by atoms with Gasteiger partial charge in [0.1, 0.15) is 0 Å². The van der Waals surface area contributed by atoms with E-state index in [-0.39, 0.29) is 5.43 Å². The van der Waals surface area contributed by atoms with Crippen LogP contribution in [0.15, 0.2) is 45.8 Å². The summed E-state index contributed by atoms with van der Waals surface area (Å²) in [5, 5.41) is 3.01. The Kier molecular flexibility index (Phi) is 3.99. The van der Waals surface area contributed by atoms with Gasteiger partial charge in [-0.3, -0.25) is 4.79 Å². The Morgan fingerprint density at radius 3 is 2.56 bits per heavy atom. The molecule has 0 atom stereocenters. The fourth-order valence-corrected chi connectivity index (χ4v) is 2.14. The third-order valence-corrected chi connectivity index (χ3v) is 3.32. The molecule has 1 N–H and O–H groups in total. The van der Waals surface area contributed by atoms with Gasteiger partial charge in [0.15, 0.2) is 5.43 Å². The summed E-state index contributed by atoms with van der Waals surface area (Å²) in [5.41, 5.74) is 2.83. The van der Waals surface area contributed by atoms with E-state index in [2.05, 4.69) is 21.2 Å². The zero-order valence-electron chi connectivity index (χ0n) is 10.4. The number of nitrogens with zero attached hydrogens (tertiary/aromatic N) is 1. The van der Waals surface area contributed by atoms with Crippen LogP contribution in [0.3, 0.4) is 0 Å². The summed E-state index contributed by atoms with van der Waals surface area (Å²) in [4.78, 5) is 11.8. The SMILES string of the molecule is CNCc1cn(-c2ccc(Br)cc2)c(C)cc1=O. The molecular formula is C14H15BrN2O. The highest BCUT2D eigenvalue weighted by Gasteiger charge is 2.04. The first kappa shape index (κ1) is 13.1. The number of halogens is 1. The average Bonchev–Trinajstić information content (AvgIpc) is 2.34. The second-order valence-corrected chi connectivity index (χ2v) is 5.10. The van der Waals surface area contributed by atoms with Gasteiger partial charge in [-0.15, -0.1) is 0 Å². The lowest BCUT2D eigenvalue weighted by atomic mass is 10.2. The molecule has 0 fully saturated rings. The summed E-state index contributed by atoms with van der Waals surface area (Å²) >= 11 is 3.42. The number of hydrogen-bond acceptors (Lipinski definition) is 2. The Bertz CT molecular complexity index is 602. The van der Waals surface area contributed by atoms with E-state index in [9.17, 15) is 4.79 Å². The normalized spacial score (nSPS) is 10.6. The molecule has 4 heteroatoms. The third-order valence-electron chi connectivity index (χ3n) is 2.79. The van der Waals surface area contributed by atoms with E-state index < -0.39 is 0 Å². The molecule has 1 aromatic heterocycles. The van der Waals surface area contributed by atoms with Crippen LogP contribution in [0, 0.1) is 6.92 Å². The molecule has 18 heavy (non-hydrogen) atoms. The molecule has 0 radical (unpaired) electrons. The van der Waals surface area contributed by atoms with E-state index in [1.165, 1.54) is 0 Å². The van der Waals surface area contributed by atoms with Gasteiger partial charge in [0.25, 0.3) is 0 Å². The van der Waals surface area contributed by atoms with Crippen LogP contribution in [-0.2, 0) is 6.54 Å². The van der Waals surface area contributed by atoms with E-state index in [0.717, 1.165) is 21.4 Å². The number of benzene rings is 1. The van der Waals surface area contributed by atoms with Gasteiger partial charge in [0.05, 0.1) is 0 Å². The number of aryl methyl sites for hydroxylation is 1. The predicted molar refractivity (Wildman–Crippen MR) is 77.2 cm³/mol. The Morgan fingerprint density at radius 1 is 1.28 bits per heavy atom. The number of nitrogens with one attached hydrogen (secondary N) is 1. The lowest BCUT2D eigenvalue weighted by molar-refractivity contribution is 0.794. The van der Waals surface area contributed by atoms with Crippen molar-refractivity contribution >= 4 is 15.9 Å². The van der Waals surface area contributed by atoms with Gasteiger partial charge in [-0.2, -0.15) is 0 Å². The molecule has 1 heterocycles. The fourth-order valence-electron chi connectivity index (χ4n) is 1.88. The van der Waals surface area contributed by atoms with Gasteiger partial charge in [-0.1, -0.05) is 15.9 Å².